The number of likely N-dealkylation sites (N-methyl/N-ethyl adjacent to an activating group) is 2. The predicted molar refractivity (Wildman–Crippen MR) is 139 cm³/mol. The molecule has 0 bridgehead atoms. The molecule has 0 aliphatic carbocycles. The van der Waals surface area contributed by atoms with Gasteiger partial charge in [-0.25, -0.2) is 18.4 Å². The van der Waals surface area contributed by atoms with Crippen molar-refractivity contribution in [3.63, 3.8) is 0 Å². The number of rotatable bonds is 12. The van der Waals surface area contributed by atoms with Gasteiger partial charge in [0, 0.05) is 31.6 Å². The van der Waals surface area contributed by atoms with Crippen LogP contribution in [0, 0.1) is 0 Å². The van der Waals surface area contributed by atoms with E-state index in [1.165, 1.54) is 26.5 Å². The zero-order valence-corrected chi connectivity index (χ0v) is 23.2. The van der Waals surface area contributed by atoms with Gasteiger partial charge in [-0.1, -0.05) is 13.8 Å². The lowest BCUT2D eigenvalue weighted by atomic mass is 10.2. The quantitative estimate of drug-likeness (QED) is 0.296. The second-order valence-corrected chi connectivity index (χ2v) is 11.6. The van der Waals surface area contributed by atoms with Crippen LogP contribution in [0.5, 0.6) is 0 Å². The normalized spacial score (nSPS) is 15.8. The van der Waals surface area contributed by atoms with Crippen LogP contribution in [0.3, 0.4) is 0 Å². The standard InChI is InChI=1S/C22H34N8O4S2/c1-7-28(8-2)36(33,34)16-9-10-18-17(15-16)20(35-25-18)24-23-19-21(31)29(13-11-26(3)4)30(22(19)32)14-12-27(5)6/h9-10,15,19H,7-8,11-14H2,1-6H3. The second-order valence-electron chi connectivity index (χ2n) is 8.90. The summed E-state index contributed by atoms with van der Waals surface area (Å²) in [7, 11) is 3.92. The Balaban J connectivity index is 1.90. The minimum absolute atomic E-state index is 0.132. The fourth-order valence-corrected chi connectivity index (χ4v) is 5.91. The summed E-state index contributed by atoms with van der Waals surface area (Å²) in [6, 6.07) is 3.38. The van der Waals surface area contributed by atoms with Gasteiger partial charge >= 0.3 is 0 Å². The SMILES string of the molecule is CCN(CC)S(=O)(=O)c1ccc2nsc(N=NC3C(=O)N(CCN(C)C)N(CCN(C)C)C3=O)c2c1. The van der Waals surface area contributed by atoms with Crippen molar-refractivity contribution in [1.82, 2.24) is 28.5 Å². The molecule has 0 N–H and O–H groups in total. The topological polar surface area (TPSA) is 122 Å². The number of sulfonamides is 1. The van der Waals surface area contributed by atoms with Gasteiger partial charge in [0.1, 0.15) is 0 Å². The highest BCUT2D eigenvalue weighted by Crippen LogP contribution is 2.33. The summed E-state index contributed by atoms with van der Waals surface area (Å²) in [5.41, 5.74) is 0.566. The van der Waals surface area contributed by atoms with Gasteiger partial charge in [0.05, 0.1) is 23.5 Å². The molecule has 198 valence electrons. The highest BCUT2D eigenvalue weighted by molar-refractivity contribution is 7.89. The minimum Gasteiger partial charge on any atom is -0.308 e. The maximum atomic E-state index is 13.1. The molecule has 0 saturated carbocycles. The number of carbonyl (C=O) groups is 2. The fourth-order valence-electron chi connectivity index (χ4n) is 3.74. The van der Waals surface area contributed by atoms with E-state index in [9.17, 15) is 18.0 Å². The monoisotopic (exact) mass is 538 g/mol. The van der Waals surface area contributed by atoms with Gasteiger partial charge in [-0.15, -0.1) is 5.11 Å². The molecular weight excluding hydrogens is 504 g/mol. The molecule has 0 unspecified atom stereocenters. The molecule has 1 aliphatic heterocycles. The molecule has 0 spiro atoms. The zero-order chi connectivity index (χ0) is 26.6. The van der Waals surface area contributed by atoms with E-state index in [1.54, 1.807) is 19.9 Å². The van der Waals surface area contributed by atoms with Crippen LogP contribution in [-0.4, -0.2) is 122 Å². The number of hydrogen-bond donors (Lipinski definition) is 0. The predicted octanol–water partition coefficient (Wildman–Crippen LogP) is 1.49. The molecule has 1 fully saturated rings. The first kappa shape index (κ1) is 28.1. The molecule has 1 saturated heterocycles. The van der Waals surface area contributed by atoms with Gasteiger partial charge in [0.25, 0.3) is 11.8 Å². The average molecular weight is 539 g/mol. The Labute approximate surface area is 216 Å². The summed E-state index contributed by atoms with van der Waals surface area (Å²) < 4.78 is 31.6. The summed E-state index contributed by atoms with van der Waals surface area (Å²) in [5.74, 6) is -0.856. The van der Waals surface area contributed by atoms with E-state index in [2.05, 4.69) is 14.6 Å². The summed E-state index contributed by atoms with van der Waals surface area (Å²) in [5, 5.41) is 12.0. The van der Waals surface area contributed by atoms with E-state index < -0.39 is 27.9 Å². The Morgan fingerprint density at radius 1 is 0.972 bits per heavy atom. The van der Waals surface area contributed by atoms with Gasteiger partial charge < -0.3 is 9.80 Å². The zero-order valence-electron chi connectivity index (χ0n) is 21.6. The maximum absolute atomic E-state index is 13.1. The highest BCUT2D eigenvalue weighted by atomic mass is 32.2. The largest absolute Gasteiger partial charge is 0.308 e. The van der Waals surface area contributed by atoms with E-state index >= 15 is 0 Å². The molecule has 2 aromatic rings. The van der Waals surface area contributed by atoms with E-state index in [0.29, 0.717) is 55.2 Å². The van der Waals surface area contributed by atoms with Crippen LogP contribution in [0.1, 0.15) is 13.8 Å². The van der Waals surface area contributed by atoms with Crippen LogP contribution >= 0.6 is 11.5 Å². The van der Waals surface area contributed by atoms with Crippen molar-refractivity contribution in [1.29, 1.82) is 0 Å². The van der Waals surface area contributed by atoms with Crippen molar-refractivity contribution in [3.05, 3.63) is 18.2 Å². The van der Waals surface area contributed by atoms with Gasteiger partial charge in [-0.2, -0.15) is 13.8 Å². The van der Waals surface area contributed by atoms with Crippen molar-refractivity contribution in [2.45, 2.75) is 24.8 Å². The van der Waals surface area contributed by atoms with Gasteiger partial charge in [0.15, 0.2) is 5.00 Å². The minimum atomic E-state index is -3.67. The first-order valence-corrected chi connectivity index (χ1v) is 13.9. The Morgan fingerprint density at radius 2 is 1.53 bits per heavy atom. The Morgan fingerprint density at radius 3 is 2.03 bits per heavy atom. The molecule has 0 atom stereocenters. The Bertz CT molecular complexity index is 1190. The number of hydrogen-bond acceptors (Lipinski definition) is 10. The van der Waals surface area contributed by atoms with Crippen LogP contribution in [0.4, 0.5) is 5.00 Å². The summed E-state index contributed by atoms with van der Waals surface area (Å²) >= 11 is 1.04. The molecule has 36 heavy (non-hydrogen) atoms. The van der Waals surface area contributed by atoms with Crippen molar-refractivity contribution < 1.29 is 18.0 Å². The average Bonchev–Trinajstić information content (AvgIpc) is 3.32. The number of azo groups is 1. The first-order chi connectivity index (χ1) is 17.0. The van der Waals surface area contributed by atoms with Crippen molar-refractivity contribution in [2.24, 2.45) is 10.2 Å². The van der Waals surface area contributed by atoms with Crippen LogP contribution in [0.2, 0.25) is 0 Å². The van der Waals surface area contributed by atoms with E-state index in [-0.39, 0.29) is 4.90 Å². The van der Waals surface area contributed by atoms with E-state index in [1.807, 2.05) is 38.0 Å². The van der Waals surface area contributed by atoms with E-state index in [0.717, 1.165) is 11.5 Å². The molecule has 12 nitrogen and oxygen atoms in total. The summed E-state index contributed by atoms with van der Waals surface area (Å²) in [4.78, 5) is 30.2. The number of amides is 2. The second kappa shape index (κ2) is 11.7. The van der Waals surface area contributed by atoms with Crippen LogP contribution < -0.4 is 0 Å². The number of carbonyl (C=O) groups excluding carboxylic acids is 2. The van der Waals surface area contributed by atoms with Crippen molar-refractivity contribution in [3.8, 4) is 0 Å². The molecular formula is C22H34N8O4S2. The maximum Gasteiger partial charge on any atom is 0.277 e. The van der Waals surface area contributed by atoms with Crippen molar-refractivity contribution in [2.75, 3.05) is 67.5 Å². The Kier molecular flexibility index (Phi) is 9.11. The lowest BCUT2D eigenvalue weighted by Crippen LogP contribution is -2.46. The third kappa shape index (κ3) is 5.89. The Hall–Kier alpha value is -2.52. The van der Waals surface area contributed by atoms with Gasteiger partial charge in [-0.05, 0) is 57.9 Å². The lowest BCUT2D eigenvalue weighted by molar-refractivity contribution is -0.147. The lowest BCUT2D eigenvalue weighted by Gasteiger charge is -2.29. The van der Waals surface area contributed by atoms with Gasteiger partial charge in [-0.3, -0.25) is 9.59 Å². The molecule has 1 aromatic heterocycles. The molecule has 1 aliphatic rings. The third-order valence-electron chi connectivity index (χ3n) is 5.82. The smallest absolute Gasteiger partial charge is 0.277 e. The van der Waals surface area contributed by atoms with Crippen LogP contribution in [-0.2, 0) is 19.6 Å². The van der Waals surface area contributed by atoms with E-state index in [4.69, 9.17) is 0 Å². The molecule has 0 radical (unpaired) electrons. The fraction of sp³-hybridized carbons (Fsp3) is 0.591. The first-order valence-electron chi connectivity index (χ1n) is 11.7. The molecule has 2 amide bonds. The molecule has 14 heteroatoms. The number of aromatic nitrogens is 1. The number of nitrogens with zero attached hydrogens (tertiary/aromatic N) is 8. The van der Waals surface area contributed by atoms with Crippen LogP contribution in [0.15, 0.2) is 33.3 Å². The molecule has 3 rings (SSSR count). The number of hydrazine groups is 1. The highest BCUT2D eigenvalue weighted by Gasteiger charge is 2.45. The number of benzene rings is 1. The third-order valence-corrected chi connectivity index (χ3v) is 8.63. The van der Waals surface area contributed by atoms with Crippen LogP contribution in [0.25, 0.3) is 10.9 Å². The summed E-state index contributed by atoms with van der Waals surface area (Å²) in [6.07, 6.45) is 0. The van der Waals surface area contributed by atoms with Crippen molar-refractivity contribution >= 4 is 49.3 Å². The van der Waals surface area contributed by atoms with Gasteiger partial charge in [0.2, 0.25) is 16.1 Å². The molecule has 2 heterocycles. The number of fused-ring (bicyclic) bond motifs is 1. The summed E-state index contributed by atoms with van der Waals surface area (Å²) in [6.45, 7) is 6.16. The molecule has 1 aromatic carbocycles.